The quantitative estimate of drug-likeness (QED) is 0.569. The molecule has 13 heavy (non-hydrogen) atoms. The number of ketones is 1. The molecular weight excluding hydrogens is 162 g/mol. The van der Waals surface area contributed by atoms with Gasteiger partial charge in [0, 0.05) is 12.8 Å². The lowest BCUT2D eigenvalue weighted by atomic mass is 9.88. The average Bonchev–Trinajstić information content (AvgIpc) is 2.16. The van der Waals surface area contributed by atoms with E-state index in [1.807, 2.05) is 14.0 Å². The summed E-state index contributed by atoms with van der Waals surface area (Å²) in [6, 6.07) is 0. The first-order valence-corrected chi connectivity index (χ1v) is 4.83. The summed E-state index contributed by atoms with van der Waals surface area (Å²) in [5.41, 5.74) is 3.24. The van der Waals surface area contributed by atoms with E-state index in [4.69, 9.17) is 0 Å². The van der Waals surface area contributed by atoms with E-state index in [2.05, 4.69) is 4.99 Å². The van der Waals surface area contributed by atoms with Crippen molar-refractivity contribution in [3.8, 4) is 0 Å². The summed E-state index contributed by atoms with van der Waals surface area (Å²) in [4.78, 5) is 15.4. The van der Waals surface area contributed by atoms with Gasteiger partial charge in [0.1, 0.15) is 0 Å². The number of carbonyl (C=O) groups is 1. The van der Waals surface area contributed by atoms with Crippen LogP contribution in [0.15, 0.2) is 16.1 Å². The monoisotopic (exact) mass is 179 g/mol. The van der Waals surface area contributed by atoms with Crippen LogP contribution in [-0.2, 0) is 4.79 Å². The third-order valence-corrected chi connectivity index (χ3v) is 2.69. The molecule has 0 bridgehead atoms. The summed E-state index contributed by atoms with van der Waals surface area (Å²) in [5.74, 6) is 0.179. The molecule has 0 N–H and O–H groups in total. The summed E-state index contributed by atoms with van der Waals surface area (Å²) in [6.07, 6.45) is 4.47. The molecule has 0 aromatic heterocycles. The van der Waals surface area contributed by atoms with Crippen LogP contribution in [0.3, 0.4) is 0 Å². The van der Waals surface area contributed by atoms with Crippen LogP contribution in [0.5, 0.6) is 0 Å². The molecule has 0 unspecified atom stereocenters. The lowest BCUT2D eigenvalue weighted by Gasteiger charge is -2.18. The summed E-state index contributed by atoms with van der Waals surface area (Å²) >= 11 is 0. The van der Waals surface area contributed by atoms with Crippen molar-refractivity contribution >= 4 is 11.5 Å². The van der Waals surface area contributed by atoms with Crippen LogP contribution in [0.4, 0.5) is 0 Å². The molecule has 0 heterocycles. The minimum Gasteiger partial charge on any atom is -0.295 e. The van der Waals surface area contributed by atoms with Gasteiger partial charge in [0.2, 0.25) is 0 Å². The second kappa shape index (κ2) is 4.35. The third-order valence-electron chi connectivity index (χ3n) is 2.69. The highest BCUT2D eigenvalue weighted by Gasteiger charge is 2.16. The zero-order valence-electron chi connectivity index (χ0n) is 8.68. The molecule has 0 saturated heterocycles. The first-order chi connectivity index (χ1) is 6.16. The van der Waals surface area contributed by atoms with Crippen LogP contribution in [0, 0.1) is 0 Å². The fourth-order valence-electron chi connectivity index (χ4n) is 1.75. The van der Waals surface area contributed by atoms with Gasteiger partial charge in [-0.1, -0.05) is 0 Å². The van der Waals surface area contributed by atoms with Gasteiger partial charge in [0.15, 0.2) is 5.78 Å². The standard InChI is InChI=1S/C11H17NO/c1-8(9(2)13)10-6-4-5-7-11(10)12-3/h4-7H2,1-3H3. The maximum absolute atomic E-state index is 11.2. The molecule has 0 aliphatic heterocycles. The van der Waals surface area contributed by atoms with E-state index < -0.39 is 0 Å². The molecule has 0 radical (unpaired) electrons. The van der Waals surface area contributed by atoms with Crippen LogP contribution >= 0.6 is 0 Å². The van der Waals surface area contributed by atoms with E-state index in [9.17, 15) is 4.79 Å². The molecule has 0 amide bonds. The van der Waals surface area contributed by atoms with Crippen LogP contribution in [0.25, 0.3) is 0 Å². The molecule has 2 nitrogen and oxygen atoms in total. The first kappa shape index (κ1) is 10.2. The number of hydrogen-bond donors (Lipinski definition) is 0. The molecule has 72 valence electrons. The Balaban J connectivity index is 2.99. The number of Topliss-reactive ketones (excluding diaryl/α,β-unsaturated/α-hetero) is 1. The van der Waals surface area contributed by atoms with Gasteiger partial charge in [-0.15, -0.1) is 0 Å². The Labute approximate surface area is 79.8 Å². The van der Waals surface area contributed by atoms with E-state index >= 15 is 0 Å². The van der Waals surface area contributed by atoms with Gasteiger partial charge in [-0.3, -0.25) is 9.79 Å². The predicted molar refractivity (Wildman–Crippen MR) is 55.2 cm³/mol. The highest BCUT2D eigenvalue weighted by molar-refractivity contribution is 6.08. The Bertz CT molecular complexity index is 274. The number of hydrogen-bond acceptors (Lipinski definition) is 2. The smallest absolute Gasteiger partial charge is 0.155 e. The number of allylic oxidation sites excluding steroid dienone is 2. The van der Waals surface area contributed by atoms with Crippen molar-refractivity contribution in [2.75, 3.05) is 7.05 Å². The fraction of sp³-hybridized carbons (Fsp3) is 0.636. The van der Waals surface area contributed by atoms with Crippen molar-refractivity contribution in [2.45, 2.75) is 39.5 Å². The largest absolute Gasteiger partial charge is 0.295 e. The summed E-state index contributed by atoms with van der Waals surface area (Å²) in [7, 11) is 1.81. The number of carbonyl (C=O) groups excluding carboxylic acids is 1. The molecule has 0 aromatic carbocycles. The molecule has 0 aromatic rings. The van der Waals surface area contributed by atoms with E-state index in [1.54, 1.807) is 6.92 Å². The number of nitrogens with zero attached hydrogens (tertiary/aromatic N) is 1. The van der Waals surface area contributed by atoms with Crippen LogP contribution in [-0.4, -0.2) is 18.5 Å². The molecule has 2 heteroatoms. The summed E-state index contributed by atoms with van der Waals surface area (Å²) in [6.45, 7) is 3.54. The molecule has 0 spiro atoms. The van der Waals surface area contributed by atoms with Gasteiger partial charge < -0.3 is 0 Å². The molecule has 0 atom stereocenters. The zero-order valence-corrected chi connectivity index (χ0v) is 8.68. The first-order valence-electron chi connectivity index (χ1n) is 4.83. The Morgan fingerprint density at radius 1 is 1.23 bits per heavy atom. The van der Waals surface area contributed by atoms with Crippen LogP contribution in [0.1, 0.15) is 39.5 Å². The Morgan fingerprint density at radius 3 is 2.38 bits per heavy atom. The van der Waals surface area contributed by atoms with Crippen molar-refractivity contribution in [1.29, 1.82) is 0 Å². The highest BCUT2D eigenvalue weighted by atomic mass is 16.1. The van der Waals surface area contributed by atoms with Crippen LogP contribution in [0.2, 0.25) is 0 Å². The van der Waals surface area contributed by atoms with Crippen molar-refractivity contribution in [3.05, 3.63) is 11.1 Å². The Hall–Kier alpha value is -0.920. The topological polar surface area (TPSA) is 29.4 Å². The maximum Gasteiger partial charge on any atom is 0.155 e. The van der Waals surface area contributed by atoms with Gasteiger partial charge in [-0.05, 0) is 50.7 Å². The Morgan fingerprint density at radius 2 is 1.85 bits per heavy atom. The second-order valence-electron chi connectivity index (χ2n) is 3.54. The van der Waals surface area contributed by atoms with Gasteiger partial charge >= 0.3 is 0 Å². The van der Waals surface area contributed by atoms with Gasteiger partial charge in [-0.25, -0.2) is 0 Å². The minimum absolute atomic E-state index is 0.179. The highest BCUT2D eigenvalue weighted by Crippen LogP contribution is 2.24. The average molecular weight is 179 g/mol. The summed E-state index contributed by atoms with van der Waals surface area (Å²) < 4.78 is 0. The van der Waals surface area contributed by atoms with Crippen molar-refractivity contribution in [2.24, 2.45) is 4.99 Å². The molecule has 1 aliphatic carbocycles. The molecule has 1 saturated carbocycles. The van der Waals surface area contributed by atoms with E-state index in [0.717, 1.165) is 24.1 Å². The SMILES string of the molecule is CN=C1CCCCC1=C(C)C(C)=O. The van der Waals surface area contributed by atoms with Crippen molar-refractivity contribution in [3.63, 3.8) is 0 Å². The van der Waals surface area contributed by atoms with E-state index in [-0.39, 0.29) is 5.78 Å². The molecule has 1 aliphatic rings. The minimum atomic E-state index is 0.179. The zero-order chi connectivity index (χ0) is 9.84. The second-order valence-corrected chi connectivity index (χ2v) is 3.54. The lowest BCUT2D eigenvalue weighted by molar-refractivity contribution is -0.113. The third kappa shape index (κ3) is 2.27. The predicted octanol–water partition coefficient (Wildman–Crippen LogP) is 2.54. The van der Waals surface area contributed by atoms with Gasteiger partial charge in [0.05, 0.1) is 0 Å². The van der Waals surface area contributed by atoms with Gasteiger partial charge in [-0.2, -0.15) is 0 Å². The van der Waals surface area contributed by atoms with E-state index in [0.29, 0.717) is 0 Å². The maximum atomic E-state index is 11.2. The van der Waals surface area contributed by atoms with E-state index in [1.165, 1.54) is 18.4 Å². The van der Waals surface area contributed by atoms with Crippen molar-refractivity contribution < 1.29 is 4.79 Å². The fourth-order valence-corrected chi connectivity index (χ4v) is 1.75. The lowest BCUT2D eigenvalue weighted by Crippen LogP contribution is -2.13. The number of aliphatic imine (C=N–C) groups is 1. The number of rotatable bonds is 1. The molecular formula is C11H17NO. The normalized spacial score (nSPS) is 24.7. The summed E-state index contributed by atoms with van der Waals surface area (Å²) in [5, 5.41) is 0. The Kier molecular flexibility index (Phi) is 3.40. The molecule has 1 fully saturated rings. The molecule has 1 rings (SSSR count). The van der Waals surface area contributed by atoms with Crippen molar-refractivity contribution in [1.82, 2.24) is 0 Å². The van der Waals surface area contributed by atoms with Crippen LogP contribution < -0.4 is 0 Å². The van der Waals surface area contributed by atoms with Gasteiger partial charge in [0.25, 0.3) is 0 Å².